The minimum Gasteiger partial charge on any atom is -0.380 e. The monoisotopic (exact) mass is 531 g/mol. The fraction of sp³-hybridized carbons (Fsp3) is 0.500. The Morgan fingerprint density at radius 1 is 1.00 bits per heavy atom. The van der Waals surface area contributed by atoms with Crippen LogP contribution in [0.5, 0.6) is 0 Å². The molecule has 37 heavy (non-hydrogen) atoms. The molecule has 202 valence electrons. The van der Waals surface area contributed by atoms with Crippen molar-refractivity contribution in [3.05, 3.63) is 59.4 Å². The van der Waals surface area contributed by atoms with Crippen molar-refractivity contribution >= 4 is 27.3 Å². The largest absolute Gasteiger partial charge is 0.380 e. The van der Waals surface area contributed by atoms with Gasteiger partial charge in [0.05, 0.1) is 10.5 Å². The first-order chi connectivity index (χ1) is 17.2. The molecule has 1 heterocycles. The zero-order chi connectivity index (χ0) is 27.5. The number of benzene rings is 2. The molecule has 0 bridgehead atoms. The Hall–Kier alpha value is -2.94. The summed E-state index contributed by atoms with van der Waals surface area (Å²) < 4.78 is 37.8. The van der Waals surface area contributed by atoms with Crippen LogP contribution < -0.4 is 10.6 Å². The van der Waals surface area contributed by atoms with E-state index in [-0.39, 0.29) is 33.7 Å². The molecule has 0 aromatic heterocycles. The molecular weight excluding hydrogens is 493 g/mol. The zero-order valence-corrected chi connectivity index (χ0v) is 23.3. The van der Waals surface area contributed by atoms with Gasteiger partial charge in [0.15, 0.2) is 9.84 Å². The molecule has 1 aliphatic rings. The Morgan fingerprint density at radius 3 is 2.11 bits per heavy atom. The lowest BCUT2D eigenvalue weighted by atomic mass is 9.88. The highest BCUT2D eigenvalue weighted by Gasteiger charge is 2.36. The SMILES string of the molecule is CC(C)c1ccc(F)c(C(=O)NC(C(=O)N2CCC(C)(Nc3ccc(S(C)(=O)=O)cc3)CC2)C(C)C)c1. The normalized spacial score (nSPS) is 16.5. The van der Waals surface area contributed by atoms with Gasteiger partial charge in [0.25, 0.3) is 5.91 Å². The molecule has 0 saturated carbocycles. The molecular formula is C28H38FN3O4S. The van der Waals surface area contributed by atoms with Crippen molar-refractivity contribution in [1.29, 1.82) is 0 Å². The van der Waals surface area contributed by atoms with Gasteiger partial charge >= 0.3 is 0 Å². The number of hydrogen-bond acceptors (Lipinski definition) is 5. The predicted molar refractivity (Wildman–Crippen MR) is 144 cm³/mol. The molecule has 0 aliphatic carbocycles. The highest BCUT2D eigenvalue weighted by Crippen LogP contribution is 2.28. The number of hydrogen-bond donors (Lipinski definition) is 2. The van der Waals surface area contributed by atoms with Gasteiger partial charge in [0.1, 0.15) is 11.9 Å². The molecule has 2 N–H and O–H groups in total. The van der Waals surface area contributed by atoms with Crippen LogP contribution in [0.4, 0.5) is 10.1 Å². The van der Waals surface area contributed by atoms with E-state index in [0.717, 1.165) is 11.3 Å². The second-order valence-corrected chi connectivity index (χ2v) is 12.9. The molecule has 1 saturated heterocycles. The summed E-state index contributed by atoms with van der Waals surface area (Å²) in [7, 11) is -3.26. The molecule has 9 heteroatoms. The van der Waals surface area contributed by atoms with Crippen LogP contribution in [0.1, 0.15) is 69.3 Å². The second-order valence-electron chi connectivity index (χ2n) is 10.9. The van der Waals surface area contributed by atoms with Gasteiger partial charge in [0.2, 0.25) is 5.91 Å². The van der Waals surface area contributed by atoms with Crippen molar-refractivity contribution in [2.45, 2.75) is 69.9 Å². The van der Waals surface area contributed by atoms with Gasteiger partial charge in [-0.25, -0.2) is 12.8 Å². The number of amides is 2. The molecule has 1 aliphatic heterocycles. The number of carbonyl (C=O) groups is 2. The minimum atomic E-state index is -3.26. The van der Waals surface area contributed by atoms with E-state index in [1.54, 1.807) is 41.3 Å². The number of piperidine rings is 1. The van der Waals surface area contributed by atoms with Gasteiger partial charge in [-0.05, 0) is 73.6 Å². The third-order valence-electron chi connectivity index (χ3n) is 7.03. The van der Waals surface area contributed by atoms with Crippen LogP contribution in [-0.4, -0.2) is 56.1 Å². The van der Waals surface area contributed by atoms with Gasteiger partial charge in [-0.15, -0.1) is 0 Å². The maximum atomic E-state index is 14.4. The Bertz CT molecular complexity index is 1230. The lowest BCUT2D eigenvalue weighted by Crippen LogP contribution is -2.56. The molecule has 0 spiro atoms. The van der Waals surface area contributed by atoms with Gasteiger partial charge in [-0.1, -0.05) is 33.8 Å². The van der Waals surface area contributed by atoms with E-state index in [1.807, 2.05) is 27.7 Å². The van der Waals surface area contributed by atoms with Crippen molar-refractivity contribution in [2.24, 2.45) is 5.92 Å². The standard InChI is InChI=1S/C28H38FN3O4S/c1-18(2)20-7-12-24(29)23(17-20)26(33)30-25(19(3)4)27(34)32-15-13-28(5,14-16-32)31-21-8-10-22(11-9-21)37(6,35)36/h7-12,17-19,25,31H,13-16H2,1-6H3,(H,30,33). The smallest absolute Gasteiger partial charge is 0.254 e. The molecule has 1 fully saturated rings. The summed E-state index contributed by atoms with van der Waals surface area (Å²) in [5, 5.41) is 6.26. The van der Waals surface area contributed by atoms with Gasteiger partial charge in [-0.2, -0.15) is 0 Å². The first kappa shape index (κ1) is 28.6. The third-order valence-corrected chi connectivity index (χ3v) is 8.16. The molecule has 1 atom stereocenters. The fourth-order valence-electron chi connectivity index (χ4n) is 4.48. The highest BCUT2D eigenvalue weighted by molar-refractivity contribution is 7.90. The topological polar surface area (TPSA) is 95.6 Å². The zero-order valence-electron chi connectivity index (χ0n) is 22.5. The molecule has 7 nitrogen and oxygen atoms in total. The fourth-order valence-corrected chi connectivity index (χ4v) is 5.12. The van der Waals surface area contributed by atoms with Crippen LogP contribution in [0.25, 0.3) is 0 Å². The molecule has 0 radical (unpaired) electrons. The molecule has 1 unspecified atom stereocenters. The average molecular weight is 532 g/mol. The summed E-state index contributed by atoms with van der Waals surface area (Å²) in [6.07, 6.45) is 2.53. The lowest BCUT2D eigenvalue weighted by Gasteiger charge is -2.42. The van der Waals surface area contributed by atoms with Crippen molar-refractivity contribution in [2.75, 3.05) is 24.7 Å². The molecule has 2 aromatic carbocycles. The van der Waals surface area contributed by atoms with E-state index >= 15 is 0 Å². The van der Waals surface area contributed by atoms with E-state index in [2.05, 4.69) is 17.6 Å². The van der Waals surface area contributed by atoms with Gasteiger partial charge in [-0.3, -0.25) is 9.59 Å². The first-order valence-electron chi connectivity index (χ1n) is 12.7. The van der Waals surface area contributed by atoms with Crippen molar-refractivity contribution in [3.63, 3.8) is 0 Å². The summed E-state index contributed by atoms with van der Waals surface area (Å²) in [6, 6.07) is 10.4. The number of nitrogens with one attached hydrogen (secondary N) is 2. The highest BCUT2D eigenvalue weighted by atomic mass is 32.2. The van der Waals surface area contributed by atoms with E-state index < -0.39 is 27.6 Å². The number of sulfone groups is 1. The summed E-state index contributed by atoms with van der Waals surface area (Å²) in [4.78, 5) is 28.4. The molecule has 3 rings (SSSR count). The maximum Gasteiger partial charge on any atom is 0.254 e. The lowest BCUT2D eigenvalue weighted by molar-refractivity contribution is -0.135. The number of likely N-dealkylation sites (tertiary alicyclic amines) is 1. The number of anilines is 1. The van der Waals surface area contributed by atoms with E-state index in [4.69, 9.17) is 0 Å². The van der Waals surface area contributed by atoms with Gasteiger partial charge in [0, 0.05) is 30.6 Å². The predicted octanol–water partition coefficient (Wildman–Crippen LogP) is 4.60. The quantitative estimate of drug-likeness (QED) is 0.519. The van der Waals surface area contributed by atoms with Gasteiger partial charge < -0.3 is 15.5 Å². The number of halogens is 1. The number of nitrogens with zero attached hydrogens (tertiary/aromatic N) is 1. The Labute approximate surface area is 219 Å². The Kier molecular flexibility index (Phi) is 8.67. The van der Waals surface area contributed by atoms with Crippen molar-refractivity contribution in [1.82, 2.24) is 10.2 Å². The molecule has 2 amide bonds. The van der Waals surface area contributed by atoms with E-state index in [0.29, 0.717) is 25.9 Å². The van der Waals surface area contributed by atoms with Crippen molar-refractivity contribution < 1.29 is 22.4 Å². The number of carbonyl (C=O) groups excluding carboxylic acids is 2. The van der Waals surface area contributed by atoms with E-state index in [1.165, 1.54) is 12.3 Å². The van der Waals surface area contributed by atoms with Crippen LogP contribution in [0, 0.1) is 11.7 Å². The Morgan fingerprint density at radius 2 is 1.59 bits per heavy atom. The summed E-state index contributed by atoms with van der Waals surface area (Å²) in [6.45, 7) is 10.7. The maximum absolute atomic E-state index is 14.4. The number of rotatable bonds is 8. The van der Waals surface area contributed by atoms with Crippen molar-refractivity contribution in [3.8, 4) is 0 Å². The third kappa shape index (κ3) is 7.09. The van der Waals surface area contributed by atoms with Crippen LogP contribution in [0.15, 0.2) is 47.4 Å². The molecule has 2 aromatic rings. The van der Waals surface area contributed by atoms with Crippen LogP contribution in [-0.2, 0) is 14.6 Å². The summed E-state index contributed by atoms with van der Waals surface area (Å²) in [5.41, 5.74) is 1.34. The average Bonchev–Trinajstić information content (AvgIpc) is 2.82. The van der Waals surface area contributed by atoms with Crippen LogP contribution in [0.2, 0.25) is 0 Å². The Balaban J connectivity index is 1.65. The summed E-state index contributed by atoms with van der Waals surface area (Å²) in [5.74, 6) is -1.41. The minimum absolute atomic E-state index is 0.0537. The first-order valence-corrected chi connectivity index (χ1v) is 14.6. The van der Waals surface area contributed by atoms with Crippen LogP contribution in [0.3, 0.4) is 0 Å². The van der Waals surface area contributed by atoms with Crippen LogP contribution >= 0.6 is 0 Å². The summed E-state index contributed by atoms with van der Waals surface area (Å²) >= 11 is 0. The second kappa shape index (κ2) is 11.2. The van der Waals surface area contributed by atoms with E-state index in [9.17, 15) is 22.4 Å².